The Bertz CT molecular complexity index is 933. The quantitative estimate of drug-likeness (QED) is 0.683. The van der Waals surface area contributed by atoms with E-state index in [9.17, 15) is 19.5 Å². The maximum Gasteiger partial charge on any atom is 0.322 e. The van der Waals surface area contributed by atoms with Crippen molar-refractivity contribution in [2.24, 2.45) is 7.05 Å². The summed E-state index contributed by atoms with van der Waals surface area (Å²) in [6.45, 7) is 0.978. The molecular formula is C16H19N5O5. The van der Waals surface area contributed by atoms with Crippen molar-refractivity contribution in [2.75, 3.05) is 24.5 Å². The highest BCUT2D eigenvalue weighted by Crippen LogP contribution is 2.26. The van der Waals surface area contributed by atoms with Crippen molar-refractivity contribution in [3.63, 3.8) is 0 Å². The number of aryl methyl sites for hydroxylation is 1. The molecule has 0 aromatic carbocycles. The fraction of sp³-hybridized carbons (Fsp3) is 0.438. The third kappa shape index (κ3) is 3.17. The second-order valence-electron chi connectivity index (χ2n) is 6.12. The van der Waals surface area contributed by atoms with Crippen LogP contribution in [0.1, 0.15) is 29.6 Å². The molecule has 2 aromatic heterocycles. The highest BCUT2D eigenvalue weighted by molar-refractivity contribution is 6.02. The number of carboxylic acid groups (broad SMARTS) is 1. The van der Waals surface area contributed by atoms with E-state index >= 15 is 0 Å². The first kappa shape index (κ1) is 17.6. The Morgan fingerprint density at radius 3 is 2.62 bits per heavy atom. The van der Waals surface area contributed by atoms with Crippen LogP contribution in [0.2, 0.25) is 0 Å². The van der Waals surface area contributed by atoms with E-state index in [0.717, 1.165) is 36.9 Å². The first-order chi connectivity index (χ1) is 12.4. The van der Waals surface area contributed by atoms with E-state index in [-0.39, 0.29) is 11.0 Å². The van der Waals surface area contributed by atoms with Crippen molar-refractivity contribution in [1.29, 1.82) is 0 Å². The summed E-state index contributed by atoms with van der Waals surface area (Å²) in [6, 6.07) is 0. The molecule has 1 saturated heterocycles. The van der Waals surface area contributed by atoms with Crippen LogP contribution in [0, 0.1) is 0 Å². The van der Waals surface area contributed by atoms with Crippen molar-refractivity contribution in [3.05, 3.63) is 22.1 Å². The van der Waals surface area contributed by atoms with E-state index in [0.29, 0.717) is 5.95 Å². The first-order valence-electron chi connectivity index (χ1n) is 8.23. The van der Waals surface area contributed by atoms with Crippen LogP contribution in [0.3, 0.4) is 0 Å². The maximum absolute atomic E-state index is 12.5. The maximum atomic E-state index is 12.5. The Hall–Kier alpha value is -3.17. The lowest BCUT2D eigenvalue weighted by atomic mass is 10.1. The molecule has 0 bridgehead atoms. The van der Waals surface area contributed by atoms with Gasteiger partial charge in [0.15, 0.2) is 5.65 Å². The van der Waals surface area contributed by atoms with Gasteiger partial charge >= 0.3 is 5.97 Å². The van der Waals surface area contributed by atoms with Gasteiger partial charge in [-0.3, -0.25) is 19.0 Å². The number of pyridine rings is 1. The summed E-state index contributed by atoms with van der Waals surface area (Å²) in [6.07, 6.45) is 4.59. The molecule has 3 heterocycles. The molecule has 0 atom stereocenters. The number of carbonyl (C=O) groups excluding carboxylic acids is 1. The molecule has 10 heteroatoms. The lowest BCUT2D eigenvalue weighted by Gasteiger charge is -2.26. The second kappa shape index (κ2) is 6.98. The number of fused-ring (bicyclic) bond motifs is 1. The molecule has 26 heavy (non-hydrogen) atoms. The monoisotopic (exact) mass is 361 g/mol. The van der Waals surface area contributed by atoms with Gasteiger partial charge in [0, 0.05) is 26.3 Å². The van der Waals surface area contributed by atoms with Crippen molar-refractivity contribution in [2.45, 2.75) is 19.3 Å². The minimum atomic E-state index is -1.26. The fourth-order valence-corrected chi connectivity index (χ4v) is 2.98. The Kier molecular flexibility index (Phi) is 4.74. The van der Waals surface area contributed by atoms with Crippen molar-refractivity contribution < 1.29 is 19.8 Å². The minimum absolute atomic E-state index is 0.147. The number of nitrogens with one attached hydrogen (secondary N) is 1. The summed E-state index contributed by atoms with van der Waals surface area (Å²) in [5.41, 5.74) is -1.09. The van der Waals surface area contributed by atoms with Crippen LogP contribution in [-0.2, 0) is 11.8 Å². The third-order valence-electron chi connectivity index (χ3n) is 4.35. The zero-order valence-electron chi connectivity index (χ0n) is 14.2. The van der Waals surface area contributed by atoms with Crippen molar-refractivity contribution in [3.8, 4) is 5.75 Å². The molecule has 0 saturated carbocycles. The second-order valence-corrected chi connectivity index (χ2v) is 6.12. The SMILES string of the molecule is Cn1c(=O)c(C(=O)NCC(=O)O)c(O)c2cnc(N3CCCCC3)nc21. The molecule has 1 aliphatic heterocycles. The number of aromatic hydroxyl groups is 1. The van der Waals surface area contributed by atoms with Crippen molar-refractivity contribution in [1.82, 2.24) is 19.9 Å². The molecular weight excluding hydrogens is 342 g/mol. The number of carboxylic acids is 1. The predicted molar refractivity (Wildman–Crippen MR) is 92.5 cm³/mol. The Morgan fingerprint density at radius 2 is 1.96 bits per heavy atom. The molecule has 2 aromatic rings. The summed E-state index contributed by atoms with van der Waals surface area (Å²) in [5.74, 6) is -2.32. The Labute approximate surface area is 148 Å². The summed E-state index contributed by atoms with van der Waals surface area (Å²) >= 11 is 0. The van der Waals surface area contributed by atoms with Gasteiger partial charge < -0.3 is 20.4 Å². The number of rotatable bonds is 4. The molecule has 0 radical (unpaired) electrons. The average Bonchev–Trinajstić information content (AvgIpc) is 2.65. The fourth-order valence-electron chi connectivity index (χ4n) is 2.98. The zero-order chi connectivity index (χ0) is 18.8. The Morgan fingerprint density at radius 1 is 1.27 bits per heavy atom. The van der Waals surface area contributed by atoms with Crippen LogP contribution in [0.25, 0.3) is 11.0 Å². The zero-order valence-corrected chi connectivity index (χ0v) is 14.2. The number of piperidine rings is 1. The number of hydrogen-bond donors (Lipinski definition) is 3. The predicted octanol–water partition coefficient (Wildman–Crippen LogP) is -0.161. The number of amides is 1. The standard InChI is InChI=1S/C16H19N5O5/c1-20-13-9(7-18-16(19-13)21-5-3-2-4-6-21)12(24)11(15(20)26)14(25)17-8-10(22)23/h7,24H,2-6,8H2,1H3,(H,17,25)(H,22,23). The van der Waals surface area contributed by atoms with Gasteiger partial charge in [-0.2, -0.15) is 4.98 Å². The molecule has 1 fully saturated rings. The molecule has 0 spiro atoms. The lowest BCUT2D eigenvalue weighted by molar-refractivity contribution is -0.135. The summed E-state index contributed by atoms with van der Waals surface area (Å²) in [5, 5.41) is 21.2. The van der Waals surface area contributed by atoms with E-state index in [2.05, 4.69) is 15.3 Å². The van der Waals surface area contributed by atoms with Crippen LogP contribution < -0.4 is 15.8 Å². The van der Waals surface area contributed by atoms with E-state index in [1.807, 2.05) is 4.90 Å². The van der Waals surface area contributed by atoms with Gasteiger partial charge in [0.25, 0.3) is 11.5 Å². The van der Waals surface area contributed by atoms with Crippen LogP contribution in [-0.4, -0.2) is 56.3 Å². The van der Waals surface area contributed by atoms with E-state index in [1.165, 1.54) is 13.2 Å². The molecule has 1 amide bonds. The third-order valence-corrected chi connectivity index (χ3v) is 4.35. The molecule has 1 aliphatic rings. The summed E-state index contributed by atoms with van der Waals surface area (Å²) < 4.78 is 1.15. The smallest absolute Gasteiger partial charge is 0.322 e. The van der Waals surface area contributed by atoms with Crippen LogP contribution >= 0.6 is 0 Å². The average molecular weight is 361 g/mol. The van der Waals surface area contributed by atoms with Gasteiger partial charge in [-0.15, -0.1) is 0 Å². The number of aliphatic carboxylic acids is 1. The topological polar surface area (TPSA) is 138 Å². The molecule has 138 valence electrons. The number of aromatic nitrogens is 3. The molecule has 3 rings (SSSR count). The lowest BCUT2D eigenvalue weighted by Crippen LogP contribution is -2.35. The van der Waals surface area contributed by atoms with E-state index in [4.69, 9.17) is 5.11 Å². The molecule has 0 unspecified atom stereocenters. The van der Waals surface area contributed by atoms with Gasteiger partial charge in [-0.1, -0.05) is 0 Å². The molecule has 10 nitrogen and oxygen atoms in total. The van der Waals surface area contributed by atoms with Crippen molar-refractivity contribution >= 4 is 28.9 Å². The highest BCUT2D eigenvalue weighted by Gasteiger charge is 2.23. The van der Waals surface area contributed by atoms with E-state index in [1.54, 1.807) is 0 Å². The number of carbonyl (C=O) groups is 2. The van der Waals surface area contributed by atoms with Crippen LogP contribution in [0.5, 0.6) is 5.75 Å². The largest absolute Gasteiger partial charge is 0.506 e. The van der Waals surface area contributed by atoms with Crippen LogP contribution in [0.4, 0.5) is 5.95 Å². The molecule has 0 aliphatic carbocycles. The molecule has 3 N–H and O–H groups in total. The Balaban J connectivity index is 2.06. The number of hydrogen-bond acceptors (Lipinski definition) is 7. The first-order valence-corrected chi connectivity index (χ1v) is 8.23. The van der Waals surface area contributed by atoms with Crippen LogP contribution in [0.15, 0.2) is 11.0 Å². The summed E-state index contributed by atoms with van der Waals surface area (Å²) in [4.78, 5) is 45.8. The minimum Gasteiger partial charge on any atom is -0.506 e. The summed E-state index contributed by atoms with van der Waals surface area (Å²) in [7, 11) is 1.44. The normalized spacial score (nSPS) is 14.4. The van der Waals surface area contributed by atoms with Gasteiger partial charge in [0.05, 0.1) is 5.39 Å². The highest BCUT2D eigenvalue weighted by atomic mass is 16.4. The van der Waals surface area contributed by atoms with Gasteiger partial charge in [-0.05, 0) is 19.3 Å². The van der Waals surface area contributed by atoms with E-state index < -0.39 is 35.3 Å². The van der Waals surface area contributed by atoms with Gasteiger partial charge in [0.2, 0.25) is 5.95 Å². The van der Waals surface area contributed by atoms with Gasteiger partial charge in [0.1, 0.15) is 17.9 Å². The number of anilines is 1. The number of nitrogens with zero attached hydrogens (tertiary/aromatic N) is 4. The van der Waals surface area contributed by atoms with Gasteiger partial charge in [-0.25, -0.2) is 4.98 Å².